The predicted octanol–water partition coefficient (Wildman–Crippen LogP) is 4.28. The summed E-state index contributed by atoms with van der Waals surface area (Å²) in [5.41, 5.74) is 4.29. The SMILES string of the molecule is Cc1cc(C)cc(CCCC(C)C)c1. The average molecular weight is 190 g/mol. The van der Waals surface area contributed by atoms with Crippen molar-refractivity contribution in [2.45, 2.75) is 47.0 Å². The minimum atomic E-state index is 0.834. The van der Waals surface area contributed by atoms with E-state index in [1.807, 2.05) is 0 Å². The number of rotatable bonds is 4. The van der Waals surface area contributed by atoms with Crippen LogP contribution in [0.3, 0.4) is 0 Å². The molecule has 0 heterocycles. The highest BCUT2D eigenvalue weighted by Gasteiger charge is 1.98. The predicted molar refractivity (Wildman–Crippen MR) is 63.7 cm³/mol. The van der Waals surface area contributed by atoms with Crippen LogP contribution in [0.5, 0.6) is 0 Å². The van der Waals surface area contributed by atoms with Crippen LogP contribution in [-0.2, 0) is 6.42 Å². The first-order chi connectivity index (χ1) is 6.58. The number of aryl methyl sites for hydroxylation is 3. The van der Waals surface area contributed by atoms with Gasteiger partial charge in [0, 0.05) is 0 Å². The largest absolute Gasteiger partial charge is 0.0628 e. The van der Waals surface area contributed by atoms with Crippen molar-refractivity contribution in [1.82, 2.24) is 0 Å². The summed E-state index contributed by atoms with van der Waals surface area (Å²) in [6.07, 6.45) is 3.90. The van der Waals surface area contributed by atoms with Gasteiger partial charge < -0.3 is 0 Å². The summed E-state index contributed by atoms with van der Waals surface area (Å²) in [7, 11) is 0. The van der Waals surface area contributed by atoms with E-state index in [0.29, 0.717) is 0 Å². The van der Waals surface area contributed by atoms with Crippen LogP contribution < -0.4 is 0 Å². The normalized spacial score (nSPS) is 10.9. The molecular weight excluding hydrogens is 168 g/mol. The monoisotopic (exact) mass is 190 g/mol. The molecule has 1 aromatic carbocycles. The minimum Gasteiger partial charge on any atom is -0.0628 e. The van der Waals surface area contributed by atoms with Crippen LogP contribution in [0.15, 0.2) is 18.2 Å². The van der Waals surface area contributed by atoms with Gasteiger partial charge in [-0.25, -0.2) is 0 Å². The van der Waals surface area contributed by atoms with Gasteiger partial charge >= 0.3 is 0 Å². The summed E-state index contributed by atoms with van der Waals surface area (Å²) in [6.45, 7) is 8.95. The maximum absolute atomic E-state index is 2.31. The Morgan fingerprint density at radius 2 is 1.57 bits per heavy atom. The van der Waals surface area contributed by atoms with E-state index in [0.717, 1.165) is 5.92 Å². The molecule has 0 saturated carbocycles. The fourth-order valence-corrected chi connectivity index (χ4v) is 1.93. The van der Waals surface area contributed by atoms with E-state index in [1.54, 1.807) is 0 Å². The van der Waals surface area contributed by atoms with Crippen molar-refractivity contribution in [2.75, 3.05) is 0 Å². The molecule has 0 aliphatic heterocycles. The van der Waals surface area contributed by atoms with Crippen molar-refractivity contribution >= 4 is 0 Å². The van der Waals surface area contributed by atoms with E-state index in [9.17, 15) is 0 Å². The van der Waals surface area contributed by atoms with Crippen LogP contribution in [0, 0.1) is 19.8 Å². The van der Waals surface area contributed by atoms with E-state index in [1.165, 1.54) is 36.0 Å². The van der Waals surface area contributed by atoms with Gasteiger partial charge in [-0.2, -0.15) is 0 Å². The third kappa shape index (κ3) is 3.95. The standard InChI is InChI=1S/C14H22/c1-11(2)6-5-7-14-9-12(3)8-13(4)10-14/h8-11H,5-7H2,1-4H3. The van der Waals surface area contributed by atoms with Crippen LogP contribution in [0.2, 0.25) is 0 Å². The van der Waals surface area contributed by atoms with Crippen molar-refractivity contribution in [3.8, 4) is 0 Å². The summed E-state index contributed by atoms with van der Waals surface area (Å²) in [5.74, 6) is 0.834. The van der Waals surface area contributed by atoms with E-state index >= 15 is 0 Å². The Morgan fingerprint density at radius 3 is 2.07 bits per heavy atom. The molecule has 1 rings (SSSR count). The second-order valence-electron chi connectivity index (χ2n) is 4.78. The molecule has 0 fully saturated rings. The van der Waals surface area contributed by atoms with Crippen LogP contribution in [-0.4, -0.2) is 0 Å². The first kappa shape index (κ1) is 11.3. The second kappa shape index (κ2) is 5.19. The van der Waals surface area contributed by atoms with Crippen LogP contribution in [0.25, 0.3) is 0 Å². The molecule has 0 aliphatic carbocycles. The lowest BCUT2D eigenvalue weighted by molar-refractivity contribution is 0.555. The van der Waals surface area contributed by atoms with Gasteiger partial charge in [0.2, 0.25) is 0 Å². The summed E-state index contributed by atoms with van der Waals surface area (Å²) < 4.78 is 0. The van der Waals surface area contributed by atoms with Crippen molar-refractivity contribution < 1.29 is 0 Å². The molecule has 0 amide bonds. The Labute approximate surface area is 88.4 Å². The zero-order valence-corrected chi connectivity index (χ0v) is 9.93. The maximum Gasteiger partial charge on any atom is -0.0279 e. The van der Waals surface area contributed by atoms with E-state index in [-0.39, 0.29) is 0 Å². The lowest BCUT2D eigenvalue weighted by Gasteiger charge is -2.06. The smallest absolute Gasteiger partial charge is 0.0279 e. The van der Waals surface area contributed by atoms with Crippen molar-refractivity contribution in [3.05, 3.63) is 34.9 Å². The topological polar surface area (TPSA) is 0 Å². The molecule has 0 heteroatoms. The third-order valence-corrected chi connectivity index (χ3v) is 2.53. The second-order valence-corrected chi connectivity index (χ2v) is 4.78. The molecule has 0 radical (unpaired) electrons. The molecule has 0 aliphatic rings. The number of hydrogen-bond acceptors (Lipinski definition) is 0. The number of hydrogen-bond donors (Lipinski definition) is 0. The zero-order chi connectivity index (χ0) is 10.6. The zero-order valence-electron chi connectivity index (χ0n) is 9.93. The van der Waals surface area contributed by atoms with Gasteiger partial charge in [-0.3, -0.25) is 0 Å². The summed E-state index contributed by atoms with van der Waals surface area (Å²) in [4.78, 5) is 0. The number of benzene rings is 1. The van der Waals surface area contributed by atoms with Gasteiger partial charge in [-0.05, 0) is 38.2 Å². The van der Waals surface area contributed by atoms with E-state index < -0.39 is 0 Å². The van der Waals surface area contributed by atoms with Gasteiger partial charge in [0.1, 0.15) is 0 Å². The van der Waals surface area contributed by atoms with Gasteiger partial charge in [0.15, 0.2) is 0 Å². The molecule has 0 aromatic heterocycles. The van der Waals surface area contributed by atoms with Gasteiger partial charge in [-0.15, -0.1) is 0 Å². The molecule has 0 saturated heterocycles. The first-order valence-electron chi connectivity index (χ1n) is 5.65. The van der Waals surface area contributed by atoms with Gasteiger partial charge in [-0.1, -0.05) is 49.6 Å². The summed E-state index contributed by atoms with van der Waals surface area (Å²) in [6, 6.07) is 6.87. The quantitative estimate of drug-likeness (QED) is 0.664. The van der Waals surface area contributed by atoms with Crippen LogP contribution in [0.1, 0.15) is 43.4 Å². The molecule has 78 valence electrons. The van der Waals surface area contributed by atoms with E-state index in [4.69, 9.17) is 0 Å². The molecular formula is C14H22. The summed E-state index contributed by atoms with van der Waals surface area (Å²) in [5, 5.41) is 0. The maximum atomic E-state index is 2.31. The Kier molecular flexibility index (Phi) is 4.19. The summed E-state index contributed by atoms with van der Waals surface area (Å²) >= 11 is 0. The van der Waals surface area contributed by atoms with Crippen molar-refractivity contribution in [1.29, 1.82) is 0 Å². The molecule has 0 unspecified atom stereocenters. The molecule has 0 atom stereocenters. The Bertz CT molecular complexity index is 264. The lowest BCUT2D eigenvalue weighted by Crippen LogP contribution is -1.92. The van der Waals surface area contributed by atoms with Crippen molar-refractivity contribution in [2.24, 2.45) is 5.92 Å². The molecule has 1 aromatic rings. The molecule has 0 N–H and O–H groups in total. The molecule has 0 bridgehead atoms. The lowest BCUT2D eigenvalue weighted by atomic mass is 10.00. The third-order valence-electron chi connectivity index (χ3n) is 2.53. The highest BCUT2D eigenvalue weighted by Crippen LogP contribution is 2.13. The minimum absolute atomic E-state index is 0.834. The molecule has 0 spiro atoms. The van der Waals surface area contributed by atoms with Gasteiger partial charge in [0.25, 0.3) is 0 Å². The first-order valence-corrected chi connectivity index (χ1v) is 5.65. The van der Waals surface area contributed by atoms with Crippen LogP contribution >= 0.6 is 0 Å². The Morgan fingerprint density at radius 1 is 1.00 bits per heavy atom. The fraction of sp³-hybridized carbons (Fsp3) is 0.571. The van der Waals surface area contributed by atoms with Crippen molar-refractivity contribution in [3.63, 3.8) is 0 Å². The Hall–Kier alpha value is -0.780. The molecule has 14 heavy (non-hydrogen) atoms. The fourth-order valence-electron chi connectivity index (χ4n) is 1.93. The highest BCUT2D eigenvalue weighted by molar-refractivity contribution is 5.28. The van der Waals surface area contributed by atoms with Gasteiger partial charge in [0.05, 0.1) is 0 Å². The van der Waals surface area contributed by atoms with E-state index in [2.05, 4.69) is 45.9 Å². The van der Waals surface area contributed by atoms with Crippen LogP contribution in [0.4, 0.5) is 0 Å². The highest BCUT2D eigenvalue weighted by atomic mass is 14.0. The Balaban J connectivity index is 2.50. The average Bonchev–Trinajstić information content (AvgIpc) is 2.01. The molecule has 0 nitrogen and oxygen atoms in total.